The van der Waals surface area contributed by atoms with E-state index in [2.05, 4.69) is 51.1 Å². The number of likely N-dealkylation sites (tertiary alicyclic amines) is 1. The Hall–Kier alpha value is -2.37. The minimum absolute atomic E-state index is 0.0634. The van der Waals surface area contributed by atoms with Crippen molar-refractivity contribution in [2.24, 2.45) is 11.3 Å². The van der Waals surface area contributed by atoms with Gasteiger partial charge in [0.05, 0.1) is 0 Å². The fourth-order valence-corrected chi connectivity index (χ4v) is 12.2. The molecule has 1 unspecified atom stereocenters. The molecule has 4 aliphatic rings. The molecule has 2 aliphatic heterocycles. The molecule has 1 amide bonds. The summed E-state index contributed by atoms with van der Waals surface area (Å²) in [6.07, 6.45) is 8.85. The van der Waals surface area contributed by atoms with Gasteiger partial charge < -0.3 is 0 Å². The van der Waals surface area contributed by atoms with Crippen LogP contribution in [0, 0.1) is 11.3 Å². The summed E-state index contributed by atoms with van der Waals surface area (Å²) in [6.45, 7) is 7.00. The summed E-state index contributed by atoms with van der Waals surface area (Å²) < 4.78 is 11.7. The third kappa shape index (κ3) is 5.64. The molecule has 2 aliphatic carbocycles. The maximum atomic E-state index is 14.3. The number of hydrogen-bond acceptors (Lipinski definition) is 5. The van der Waals surface area contributed by atoms with Gasteiger partial charge in [0.15, 0.2) is 0 Å². The monoisotopic (exact) mass is 636 g/mol. The standard InChI is InChI=1S/C34H45AsN2O5/c1-34(2,3)27-28(35-18-22-17-23(20-9-7-10-20)19-36-31(22)41-4)29(25-12-6-5-11-24(25)21-14-15-21)37(30(27)33(39)40)32(38)26-13-8-16-42-26/h5-6,11-12,17,19-21,26-30,35H,7-10,13-16,18H2,1-4H3,(H,39,40)/t26-,27+,28-,29-,30-/m0/s1. The van der Waals surface area contributed by atoms with Gasteiger partial charge in [-0.3, -0.25) is 0 Å². The van der Waals surface area contributed by atoms with Crippen LogP contribution >= 0.6 is 0 Å². The molecule has 6 atom stereocenters. The Morgan fingerprint density at radius 2 is 1.81 bits per heavy atom. The van der Waals surface area contributed by atoms with E-state index in [0.717, 1.165) is 35.6 Å². The number of nitrogens with zero attached hydrogens (tertiary/aromatic N) is 2. The quantitative estimate of drug-likeness (QED) is 0.348. The molecule has 0 bridgehead atoms. The van der Waals surface area contributed by atoms with Crippen LogP contribution in [-0.2, 0) is 19.5 Å². The van der Waals surface area contributed by atoms with Crippen LogP contribution in [0.1, 0.15) is 106 Å². The number of methoxy groups -OCH3 is 1. The Kier molecular flexibility index (Phi) is 8.45. The zero-order chi connectivity index (χ0) is 29.6. The first kappa shape index (κ1) is 29.7. The SMILES string of the molecule is COc1ncc(C2CCC2)cc1C[AsH][C@H]1[C@@H](C(C)(C)C)[C@@H](C(=O)O)N(C(=O)[C@@H]2CCCO2)[C@H]1c1ccccc1C1CC1. The Morgan fingerprint density at radius 3 is 2.38 bits per heavy atom. The van der Waals surface area contributed by atoms with Gasteiger partial charge in [-0.1, -0.05) is 0 Å². The normalized spacial score (nSPS) is 28.4. The van der Waals surface area contributed by atoms with E-state index in [1.54, 1.807) is 12.0 Å². The van der Waals surface area contributed by atoms with Crippen LogP contribution in [0.4, 0.5) is 0 Å². The van der Waals surface area contributed by atoms with Crippen molar-refractivity contribution in [1.82, 2.24) is 9.88 Å². The van der Waals surface area contributed by atoms with Gasteiger partial charge in [-0.15, -0.1) is 0 Å². The second-order valence-corrected chi connectivity index (χ2v) is 16.7. The zero-order valence-electron chi connectivity index (χ0n) is 25.3. The molecule has 2 saturated carbocycles. The number of carboxylic acids is 1. The Morgan fingerprint density at radius 1 is 1.07 bits per heavy atom. The van der Waals surface area contributed by atoms with Gasteiger partial charge in [0.2, 0.25) is 0 Å². The number of carbonyl (C=O) groups is 2. The molecule has 2 aromatic rings. The molecule has 0 spiro atoms. The Bertz CT molecular complexity index is 1310. The van der Waals surface area contributed by atoms with Crippen LogP contribution in [0.25, 0.3) is 0 Å². The maximum absolute atomic E-state index is 14.3. The second-order valence-electron chi connectivity index (χ2n) is 13.7. The van der Waals surface area contributed by atoms with Crippen molar-refractivity contribution in [1.29, 1.82) is 0 Å². The van der Waals surface area contributed by atoms with E-state index in [-0.39, 0.29) is 28.0 Å². The van der Waals surface area contributed by atoms with Crippen molar-refractivity contribution in [2.75, 3.05) is 13.7 Å². The summed E-state index contributed by atoms with van der Waals surface area (Å²) in [7, 11) is 1.68. The molecule has 6 rings (SSSR count). The molecule has 226 valence electrons. The first-order valence-corrected chi connectivity index (χ1v) is 18.4. The average Bonchev–Trinajstić information content (AvgIpc) is 3.50. The van der Waals surface area contributed by atoms with E-state index in [9.17, 15) is 14.7 Å². The van der Waals surface area contributed by atoms with Crippen molar-refractivity contribution in [3.63, 3.8) is 0 Å². The van der Waals surface area contributed by atoms with Crippen molar-refractivity contribution in [2.45, 2.75) is 106 Å². The van der Waals surface area contributed by atoms with Gasteiger partial charge in [-0.05, 0) is 0 Å². The fraction of sp³-hybridized carbons (Fsp3) is 0.618. The number of amides is 1. The number of pyridine rings is 1. The molecule has 8 heteroatoms. The number of rotatable bonds is 9. The van der Waals surface area contributed by atoms with E-state index in [1.165, 1.54) is 30.4 Å². The summed E-state index contributed by atoms with van der Waals surface area (Å²) in [4.78, 5) is 34.0. The molecule has 1 N–H and O–H groups in total. The number of aromatic nitrogens is 1. The van der Waals surface area contributed by atoms with Gasteiger partial charge >= 0.3 is 257 Å². The van der Waals surface area contributed by atoms with Gasteiger partial charge in [0, 0.05) is 0 Å². The molecule has 42 heavy (non-hydrogen) atoms. The third-order valence-electron chi connectivity index (χ3n) is 9.96. The van der Waals surface area contributed by atoms with Gasteiger partial charge in [-0.25, -0.2) is 0 Å². The summed E-state index contributed by atoms with van der Waals surface area (Å²) in [5.41, 5.74) is 4.53. The molecule has 7 nitrogen and oxygen atoms in total. The third-order valence-corrected chi connectivity index (χ3v) is 13.6. The number of carbonyl (C=O) groups excluding carboxylic acids is 1. The van der Waals surface area contributed by atoms with Crippen molar-refractivity contribution >= 4 is 27.6 Å². The molecular formula is C34H45AsN2O5. The fourth-order valence-electron chi connectivity index (χ4n) is 7.56. The van der Waals surface area contributed by atoms with Crippen molar-refractivity contribution in [3.8, 4) is 5.88 Å². The second kappa shape index (κ2) is 12.0. The molecule has 1 aromatic heterocycles. The molecule has 3 heterocycles. The van der Waals surface area contributed by atoms with E-state index in [1.807, 2.05) is 6.20 Å². The summed E-state index contributed by atoms with van der Waals surface area (Å²) in [5, 5.41) is 11.7. The van der Waals surface area contributed by atoms with E-state index in [0.29, 0.717) is 30.7 Å². The summed E-state index contributed by atoms with van der Waals surface area (Å²) in [5.74, 6) is 0.489. The van der Waals surface area contributed by atoms with E-state index in [4.69, 9.17) is 14.5 Å². The molecule has 1 aromatic carbocycles. The van der Waals surface area contributed by atoms with Crippen LogP contribution < -0.4 is 4.74 Å². The topological polar surface area (TPSA) is 89.0 Å². The van der Waals surface area contributed by atoms with Crippen molar-refractivity contribution < 1.29 is 24.2 Å². The average molecular weight is 637 g/mol. The van der Waals surface area contributed by atoms with Crippen LogP contribution in [-0.4, -0.2) is 68.5 Å². The zero-order valence-corrected chi connectivity index (χ0v) is 27.4. The van der Waals surface area contributed by atoms with Gasteiger partial charge in [0.25, 0.3) is 0 Å². The summed E-state index contributed by atoms with van der Waals surface area (Å²) in [6, 6.07) is 9.62. The number of benzene rings is 1. The number of ether oxygens (including phenoxy) is 2. The van der Waals surface area contributed by atoms with Crippen LogP contribution in [0.15, 0.2) is 36.5 Å². The van der Waals surface area contributed by atoms with Crippen LogP contribution in [0.5, 0.6) is 5.88 Å². The predicted molar refractivity (Wildman–Crippen MR) is 163 cm³/mol. The van der Waals surface area contributed by atoms with Gasteiger partial charge in [0.1, 0.15) is 0 Å². The van der Waals surface area contributed by atoms with Crippen LogP contribution in [0.3, 0.4) is 0 Å². The van der Waals surface area contributed by atoms with Crippen LogP contribution in [0.2, 0.25) is 4.71 Å². The number of hydrogen-bond donors (Lipinski definition) is 1. The van der Waals surface area contributed by atoms with Crippen molar-refractivity contribution in [3.05, 3.63) is 58.8 Å². The molecule has 0 radical (unpaired) electrons. The Balaban J connectivity index is 1.44. The molecular weight excluding hydrogens is 591 g/mol. The van der Waals surface area contributed by atoms with E-state index >= 15 is 0 Å². The summed E-state index contributed by atoms with van der Waals surface area (Å²) >= 11 is -0.805. The predicted octanol–water partition coefficient (Wildman–Crippen LogP) is 5.84. The first-order chi connectivity index (χ1) is 20.2. The minimum atomic E-state index is -0.907. The number of aliphatic carboxylic acids is 1. The number of carboxylic acid groups (broad SMARTS) is 1. The van der Waals surface area contributed by atoms with E-state index < -0.39 is 33.9 Å². The Labute approximate surface area is 256 Å². The molecule has 2 saturated heterocycles. The van der Waals surface area contributed by atoms with Gasteiger partial charge in [-0.2, -0.15) is 0 Å². The first-order valence-electron chi connectivity index (χ1n) is 15.7. The molecule has 4 fully saturated rings.